The highest BCUT2D eigenvalue weighted by Crippen LogP contribution is 2.31. The van der Waals surface area contributed by atoms with Gasteiger partial charge in [-0.25, -0.2) is 14.8 Å². The van der Waals surface area contributed by atoms with Crippen LogP contribution >= 0.6 is 11.3 Å². The number of thiophene rings is 1. The quantitative estimate of drug-likeness (QED) is 0.836. The molecule has 1 saturated heterocycles. The summed E-state index contributed by atoms with van der Waals surface area (Å²) in [6, 6.07) is 2.08. The van der Waals surface area contributed by atoms with E-state index in [0.717, 1.165) is 28.9 Å². The maximum atomic E-state index is 12.5. The molecule has 2 aliphatic rings. The fraction of sp³-hybridized carbons (Fsp3) is 0.556. The van der Waals surface area contributed by atoms with Crippen molar-refractivity contribution in [3.05, 3.63) is 17.3 Å². The lowest BCUT2D eigenvalue weighted by Crippen LogP contribution is -2.53. The lowest BCUT2D eigenvalue weighted by molar-refractivity contribution is 0.100. The first-order chi connectivity index (χ1) is 13.1. The van der Waals surface area contributed by atoms with E-state index in [9.17, 15) is 9.59 Å². The third-order valence-corrected chi connectivity index (χ3v) is 6.47. The average molecular weight is 388 g/mol. The van der Waals surface area contributed by atoms with E-state index in [1.165, 1.54) is 36.9 Å². The standard InChI is InChI=1S/C18H24N6O2S/c19-16(25)14-10-13-15(27-14)17(21-11-20-13)23-6-8-24(9-7-23)18(26)22-12-4-2-1-3-5-12/h10-12H,1-9H2,(H2,19,25)(H,22,26). The number of nitrogens with two attached hydrogens (primary N) is 1. The lowest BCUT2D eigenvalue weighted by Gasteiger charge is -2.36. The Hall–Kier alpha value is -2.42. The van der Waals surface area contributed by atoms with Gasteiger partial charge in [-0.15, -0.1) is 11.3 Å². The predicted molar refractivity (Wildman–Crippen MR) is 105 cm³/mol. The number of anilines is 1. The number of aromatic nitrogens is 2. The van der Waals surface area contributed by atoms with Crippen molar-refractivity contribution < 1.29 is 9.59 Å². The number of carbonyl (C=O) groups is 2. The summed E-state index contributed by atoms with van der Waals surface area (Å²) in [6.07, 6.45) is 7.37. The van der Waals surface area contributed by atoms with Crippen molar-refractivity contribution in [2.24, 2.45) is 5.73 Å². The normalized spacial score (nSPS) is 18.7. The van der Waals surface area contributed by atoms with Crippen molar-refractivity contribution in [3.8, 4) is 0 Å². The van der Waals surface area contributed by atoms with Gasteiger partial charge in [-0.3, -0.25) is 4.79 Å². The summed E-state index contributed by atoms with van der Waals surface area (Å²) in [6.45, 7) is 2.71. The van der Waals surface area contributed by atoms with Crippen molar-refractivity contribution >= 4 is 39.3 Å². The first-order valence-electron chi connectivity index (χ1n) is 9.46. The molecule has 4 rings (SSSR count). The third-order valence-electron chi connectivity index (χ3n) is 5.33. The second-order valence-corrected chi connectivity index (χ2v) is 8.20. The smallest absolute Gasteiger partial charge is 0.317 e. The van der Waals surface area contributed by atoms with Gasteiger partial charge in [0.25, 0.3) is 5.91 Å². The molecule has 0 bridgehead atoms. The van der Waals surface area contributed by atoms with E-state index in [0.29, 0.717) is 37.1 Å². The van der Waals surface area contributed by atoms with E-state index in [-0.39, 0.29) is 6.03 Å². The van der Waals surface area contributed by atoms with Crippen molar-refractivity contribution in [1.82, 2.24) is 20.2 Å². The zero-order valence-corrected chi connectivity index (χ0v) is 16.0. The summed E-state index contributed by atoms with van der Waals surface area (Å²) in [5.41, 5.74) is 6.13. The molecule has 0 spiro atoms. The number of urea groups is 1. The minimum Gasteiger partial charge on any atom is -0.365 e. The van der Waals surface area contributed by atoms with Gasteiger partial charge in [0.15, 0.2) is 0 Å². The van der Waals surface area contributed by atoms with Gasteiger partial charge in [-0.05, 0) is 18.9 Å². The molecule has 2 fully saturated rings. The highest BCUT2D eigenvalue weighted by atomic mass is 32.1. The summed E-state index contributed by atoms with van der Waals surface area (Å²) in [5, 5.41) is 3.18. The number of amides is 3. The molecule has 1 aliphatic carbocycles. The highest BCUT2D eigenvalue weighted by Gasteiger charge is 2.26. The Morgan fingerprint density at radius 1 is 1.11 bits per heavy atom. The van der Waals surface area contributed by atoms with Crippen molar-refractivity contribution in [3.63, 3.8) is 0 Å². The molecule has 1 saturated carbocycles. The van der Waals surface area contributed by atoms with Crippen LogP contribution < -0.4 is 16.0 Å². The van der Waals surface area contributed by atoms with Crippen LogP contribution in [0.15, 0.2) is 12.4 Å². The Morgan fingerprint density at radius 2 is 1.85 bits per heavy atom. The number of nitrogens with one attached hydrogen (secondary N) is 1. The second kappa shape index (κ2) is 7.67. The van der Waals surface area contributed by atoms with Gasteiger partial charge >= 0.3 is 6.03 Å². The number of fused-ring (bicyclic) bond motifs is 1. The Labute approximate surface area is 161 Å². The molecule has 3 amide bonds. The van der Waals surface area contributed by atoms with Crippen LogP contribution in [-0.4, -0.2) is 59.0 Å². The van der Waals surface area contributed by atoms with Gasteiger partial charge < -0.3 is 20.9 Å². The van der Waals surface area contributed by atoms with Crippen LogP contribution in [0.25, 0.3) is 10.2 Å². The molecular weight excluding hydrogens is 364 g/mol. The van der Waals surface area contributed by atoms with E-state index in [4.69, 9.17) is 5.73 Å². The minimum atomic E-state index is -0.451. The number of primary amides is 1. The third kappa shape index (κ3) is 3.83. The lowest BCUT2D eigenvalue weighted by atomic mass is 9.96. The number of piperazine rings is 1. The van der Waals surface area contributed by atoms with Crippen LogP contribution in [0.2, 0.25) is 0 Å². The second-order valence-electron chi connectivity index (χ2n) is 7.15. The van der Waals surface area contributed by atoms with Crippen LogP contribution in [0, 0.1) is 0 Å². The van der Waals surface area contributed by atoms with E-state index in [2.05, 4.69) is 20.2 Å². The topological polar surface area (TPSA) is 104 Å². The number of rotatable bonds is 3. The first kappa shape index (κ1) is 18.0. The zero-order valence-electron chi connectivity index (χ0n) is 15.2. The zero-order chi connectivity index (χ0) is 18.8. The van der Waals surface area contributed by atoms with Crippen LogP contribution in [-0.2, 0) is 0 Å². The van der Waals surface area contributed by atoms with Crippen molar-refractivity contribution in [2.75, 3.05) is 31.1 Å². The van der Waals surface area contributed by atoms with Crippen LogP contribution in [0.3, 0.4) is 0 Å². The molecule has 1 aliphatic heterocycles. The Balaban J connectivity index is 1.41. The molecule has 3 N–H and O–H groups in total. The summed E-state index contributed by atoms with van der Waals surface area (Å²) < 4.78 is 0.867. The molecule has 2 aromatic rings. The molecule has 8 nitrogen and oxygen atoms in total. The largest absolute Gasteiger partial charge is 0.365 e. The van der Waals surface area contributed by atoms with Gasteiger partial charge in [-0.2, -0.15) is 0 Å². The summed E-state index contributed by atoms with van der Waals surface area (Å²) >= 11 is 1.32. The molecule has 27 heavy (non-hydrogen) atoms. The Kier molecular flexibility index (Phi) is 5.11. The van der Waals surface area contributed by atoms with Gasteiger partial charge in [0.1, 0.15) is 12.1 Å². The van der Waals surface area contributed by atoms with Crippen LogP contribution in [0.1, 0.15) is 41.8 Å². The first-order valence-corrected chi connectivity index (χ1v) is 10.3. The average Bonchev–Trinajstić information content (AvgIpc) is 3.14. The fourth-order valence-corrected chi connectivity index (χ4v) is 4.80. The molecule has 0 atom stereocenters. The number of hydrogen-bond acceptors (Lipinski definition) is 6. The van der Waals surface area contributed by atoms with E-state index < -0.39 is 5.91 Å². The molecule has 0 radical (unpaired) electrons. The molecule has 9 heteroatoms. The summed E-state index contributed by atoms with van der Waals surface area (Å²) in [5.74, 6) is 0.359. The predicted octanol–water partition coefficient (Wildman–Crippen LogP) is 1.95. The molecule has 2 aromatic heterocycles. The minimum absolute atomic E-state index is 0.0431. The summed E-state index contributed by atoms with van der Waals surface area (Å²) in [7, 11) is 0. The highest BCUT2D eigenvalue weighted by molar-refractivity contribution is 7.21. The molecule has 0 aromatic carbocycles. The maximum Gasteiger partial charge on any atom is 0.317 e. The van der Waals surface area contributed by atoms with Crippen LogP contribution in [0.5, 0.6) is 0 Å². The monoisotopic (exact) mass is 388 g/mol. The molecule has 3 heterocycles. The van der Waals surface area contributed by atoms with Crippen molar-refractivity contribution in [2.45, 2.75) is 38.1 Å². The molecule has 0 unspecified atom stereocenters. The van der Waals surface area contributed by atoms with Gasteiger partial charge in [-0.1, -0.05) is 19.3 Å². The van der Waals surface area contributed by atoms with E-state index in [1.54, 1.807) is 6.07 Å². The Morgan fingerprint density at radius 3 is 2.56 bits per heavy atom. The number of nitrogens with zero attached hydrogens (tertiary/aromatic N) is 4. The van der Waals surface area contributed by atoms with Gasteiger partial charge in [0, 0.05) is 32.2 Å². The van der Waals surface area contributed by atoms with Crippen molar-refractivity contribution in [1.29, 1.82) is 0 Å². The number of carbonyl (C=O) groups excluding carboxylic acids is 2. The SMILES string of the molecule is NC(=O)c1cc2ncnc(N3CCN(C(=O)NC4CCCCC4)CC3)c2s1. The molecular formula is C18H24N6O2S. The van der Waals surface area contributed by atoms with Gasteiger partial charge in [0.2, 0.25) is 0 Å². The Bertz CT molecular complexity index is 839. The fourth-order valence-electron chi connectivity index (χ4n) is 3.82. The maximum absolute atomic E-state index is 12.5. The van der Waals surface area contributed by atoms with Gasteiger partial charge in [0.05, 0.1) is 15.1 Å². The number of hydrogen-bond donors (Lipinski definition) is 2. The van der Waals surface area contributed by atoms with E-state index in [1.807, 2.05) is 4.90 Å². The van der Waals surface area contributed by atoms with E-state index >= 15 is 0 Å². The van der Waals surface area contributed by atoms with Crippen LogP contribution in [0.4, 0.5) is 10.6 Å². The molecule has 144 valence electrons. The summed E-state index contributed by atoms with van der Waals surface area (Å²) in [4.78, 5) is 37.2.